The molecule has 0 saturated carbocycles. The average Bonchev–Trinajstić information content (AvgIpc) is 2.39. The summed E-state index contributed by atoms with van der Waals surface area (Å²) in [5, 5.41) is 0. The lowest BCUT2D eigenvalue weighted by Gasteiger charge is -2.30. The fraction of sp³-hybridized carbons (Fsp3) is 0.429. The van der Waals surface area contributed by atoms with E-state index in [-0.39, 0.29) is 5.91 Å². The van der Waals surface area contributed by atoms with Crippen LogP contribution in [0.4, 0.5) is 0 Å². The van der Waals surface area contributed by atoms with Crippen LogP contribution in [0, 0.1) is 5.92 Å². The van der Waals surface area contributed by atoms with Gasteiger partial charge in [0.05, 0.1) is 0 Å². The van der Waals surface area contributed by atoms with E-state index in [1.165, 1.54) is 0 Å². The van der Waals surface area contributed by atoms with E-state index < -0.39 is 0 Å². The van der Waals surface area contributed by atoms with Crippen molar-refractivity contribution in [2.75, 3.05) is 13.1 Å². The summed E-state index contributed by atoms with van der Waals surface area (Å²) in [4.78, 5) is 14.5. The molecule has 0 bridgehead atoms. The second-order valence-corrected chi connectivity index (χ2v) is 5.36. The maximum absolute atomic E-state index is 12.2. The Morgan fingerprint density at radius 1 is 1.22 bits per heavy atom. The molecule has 1 aromatic carbocycles. The molecule has 1 heterocycles. The Kier molecular flexibility index (Phi) is 3.97. The van der Waals surface area contributed by atoms with Crippen LogP contribution >= 0.6 is 12.2 Å². The molecule has 1 aliphatic rings. The fourth-order valence-electron chi connectivity index (χ4n) is 2.17. The highest BCUT2D eigenvalue weighted by molar-refractivity contribution is 7.80. The van der Waals surface area contributed by atoms with Crippen LogP contribution in [0.15, 0.2) is 24.3 Å². The quantitative estimate of drug-likeness (QED) is 0.831. The van der Waals surface area contributed by atoms with E-state index in [1.54, 1.807) is 12.1 Å². The third-order valence-electron chi connectivity index (χ3n) is 3.49. The SMILES string of the molecule is CC1CCN(C(=O)c2ccc(C(N)=S)cc2)CC1. The average molecular weight is 262 g/mol. The van der Waals surface area contributed by atoms with Crippen LogP contribution in [0.3, 0.4) is 0 Å². The topological polar surface area (TPSA) is 46.3 Å². The lowest BCUT2D eigenvalue weighted by molar-refractivity contribution is 0.0697. The molecule has 0 aromatic heterocycles. The molecule has 1 saturated heterocycles. The Hall–Kier alpha value is -1.42. The van der Waals surface area contributed by atoms with E-state index in [0.29, 0.717) is 10.6 Å². The fourth-order valence-corrected chi connectivity index (χ4v) is 2.31. The first-order valence-electron chi connectivity index (χ1n) is 6.27. The van der Waals surface area contributed by atoms with E-state index in [2.05, 4.69) is 6.92 Å². The number of hydrogen-bond donors (Lipinski definition) is 1. The van der Waals surface area contributed by atoms with Gasteiger partial charge in [-0.25, -0.2) is 0 Å². The summed E-state index contributed by atoms with van der Waals surface area (Å²) >= 11 is 4.89. The highest BCUT2D eigenvalue weighted by Crippen LogP contribution is 2.18. The van der Waals surface area contributed by atoms with Crippen LogP contribution in [0.2, 0.25) is 0 Å². The van der Waals surface area contributed by atoms with Crippen LogP contribution < -0.4 is 5.73 Å². The third kappa shape index (κ3) is 2.88. The molecule has 1 aromatic rings. The van der Waals surface area contributed by atoms with Gasteiger partial charge in [0, 0.05) is 24.2 Å². The molecule has 96 valence electrons. The van der Waals surface area contributed by atoms with Crippen LogP contribution in [0.1, 0.15) is 35.7 Å². The number of carbonyl (C=O) groups excluding carboxylic acids is 1. The monoisotopic (exact) mass is 262 g/mol. The number of nitrogens with two attached hydrogens (primary N) is 1. The van der Waals surface area contributed by atoms with Gasteiger partial charge in [-0.3, -0.25) is 4.79 Å². The molecule has 0 spiro atoms. The van der Waals surface area contributed by atoms with E-state index >= 15 is 0 Å². The van der Waals surface area contributed by atoms with Crippen molar-refractivity contribution in [3.63, 3.8) is 0 Å². The second kappa shape index (κ2) is 5.48. The Labute approximate surface area is 113 Å². The largest absolute Gasteiger partial charge is 0.389 e. The predicted octanol–water partition coefficient (Wildman–Crippen LogP) is 2.19. The Morgan fingerprint density at radius 3 is 2.22 bits per heavy atom. The molecule has 18 heavy (non-hydrogen) atoms. The van der Waals surface area contributed by atoms with Gasteiger partial charge in [-0.15, -0.1) is 0 Å². The highest BCUT2D eigenvalue weighted by atomic mass is 32.1. The smallest absolute Gasteiger partial charge is 0.253 e. The summed E-state index contributed by atoms with van der Waals surface area (Å²) in [7, 11) is 0. The molecule has 4 heteroatoms. The van der Waals surface area contributed by atoms with Crippen LogP contribution in [-0.2, 0) is 0 Å². The van der Waals surface area contributed by atoms with Crippen LogP contribution in [0.5, 0.6) is 0 Å². The molecule has 2 rings (SSSR count). The standard InChI is InChI=1S/C14H18N2OS/c1-10-6-8-16(9-7-10)14(17)12-4-2-11(3-5-12)13(15)18/h2-5,10H,6-9H2,1H3,(H2,15,18). The number of likely N-dealkylation sites (tertiary alicyclic amines) is 1. The Bertz CT molecular complexity index is 447. The van der Waals surface area contributed by atoms with Gasteiger partial charge in [0.25, 0.3) is 5.91 Å². The molecule has 0 aliphatic carbocycles. The number of amides is 1. The number of hydrogen-bond acceptors (Lipinski definition) is 2. The molecule has 0 atom stereocenters. The van der Waals surface area contributed by atoms with Gasteiger partial charge in [-0.05, 0) is 30.9 Å². The number of rotatable bonds is 2. The van der Waals surface area contributed by atoms with Gasteiger partial charge in [-0.2, -0.15) is 0 Å². The zero-order valence-electron chi connectivity index (χ0n) is 10.6. The van der Waals surface area contributed by atoms with Crippen molar-refractivity contribution in [1.82, 2.24) is 4.90 Å². The zero-order valence-corrected chi connectivity index (χ0v) is 11.4. The van der Waals surface area contributed by atoms with E-state index in [0.717, 1.165) is 37.4 Å². The number of benzene rings is 1. The minimum atomic E-state index is 0.108. The molecule has 3 nitrogen and oxygen atoms in total. The summed E-state index contributed by atoms with van der Waals surface area (Å²) in [6.45, 7) is 3.95. The maximum Gasteiger partial charge on any atom is 0.253 e. The first-order chi connectivity index (χ1) is 8.58. The van der Waals surface area contributed by atoms with Crippen LogP contribution in [0.25, 0.3) is 0 Å². The number of thiocarbonyl (C=S) groups is 1. The summed E-state index contributed by atoms with van der Waals surface area (Å²) in [5.41, 5.74) is 7.05. The van der Waals surface area contributed by atoms with Crippen molar-refractivity contribution >= 4 is 23.1 Å². The molecule has 0 unspecified atom stereocenters. The van der Waals surface area contributed by atoms with E-state index in [9.17, 15) is 4.79 Å². The van der Waals surface area contributed by atoms with Crippen LogP contribution in [-0.4, -0.2) is 28.9 Å². The van der Waals surface area contributed by atoms with E-state index in [4.69, 9.17) is 18.0 Å². The van der Waals surface area contributed by atoms with Gasteiger partial charge < -0.3 is 10.6 Å². The Morgan fingerprint density at radius 2 is 1.72 bits per heavy atom. The van der Waals surface area contributed by atoms with Crippen molar-refractivity contribution < 1.29 is 4.79 Å². The van der Waals surface area contributed by atoms with Crippen molar-refractivity contribution in [3.8, 4) is 0 Å². The first kappa shape index (κ1) is 13.0. The van der Waals surface area contributed by atoms with Crippen molar-refractivity contribution in [1.29, 1.82) is 0 Å². The molecule has 0 radical (unpaired) electrons. The van der Waals surface area contributed by atoms with E-state index in [1.807, 2.05) is 17.0 Å². The van der Waals surface area contributed by atoms with Gasteiger partial charge in [0.1, 0.15) is 4.99 Å². The van der Waals surface area contributed by atoms with Gasteiger partial charge in [0.2, 0.25) is 0 Å². The minimum Gasteiger partial charge on any atom is -0.389 e. The summed E-state index contributed by atoms with van der Waals surface area (Å²) in [6.07, 6.45) is 2.19. The lowest BCUT2D eigenvalue weighted by atomic mass is 9.98. The Balaban J connectivity index is 2.07. The normalized spacial score (nSPS) is 16.6. The summed E-state index contributed by atoms with van der Waals surface area (Å²) in [6, 6.07) is 7.22. The molecule has 1 amide bonds. The second-order valence-electron chi connectivity index (χ2n) is 4.92. The summed E-state index contributed by atoms with van der Waals surface area (Å²) < 4.78 is 0. The first-order valence-corrected chi connectivity index (χ1v) is 6.68. The number of carbonyl (C=O) groups is 1. The predicted molar refractivity (Wildman–Crippen MR) is 76.6 cm³/mol. The van der Waals surface area contributed by atoms with Gasteiger partial charge >= 0.3 is 0 Å². The summed E-state index contributed by atoms with van der Waals surface area (Å²) in [5.74, 6) is 0.836. The third-order valence-corrected chi connectivity index (χ3v) is 3.72. The molecular formula is C14H18N2OS. The lowest BCUT2D eigenvalue weighted by Crippen LogP contribution is -2.37. The molecule has 2 N–H and O–H groups in total. The number of nitrogens with zero attached hydrogens (tertiary/aromatic N) is 1. The zero-order chi connectivity index (χ0) is 13.1. The molecular weight excluding hydrogens is 244 g/mol. The molecule has 1 aliphatic heterocycles. The highest BCUT2D eigenvalue weighted by Gasteiger charge is 2.21. The molecule has 1 fully saturated rings. The van der Waals surface area contributed by atoms with Gasteiger partial charge in [-0.1, -0.05) is 31.3 Å². The van der Waals surface area contributed by atoms with Crippen molar-refractivity contribution in [2.45, 2.75) is 19.8 Å². The number of piperidine rings is 1. The maximum atomic E-state index is 12.2. The van der Waals surface area contributed by atoms with Crippen molar-refractivity contribution in [2.24, 2.45) is 11.7 Å². The van der Waals surface area contributed by atoms with Crippen molar-refractivity contribution in [3.05, 3.63) is 35.4 Å². The minimum absolute atomic E-state index is 0.108. The van der Waals surface area contributed by atoms with Gasteiger partial charge in [0.15, 0.2) is 0 Å².